The zero-order chi connectivity index (χ0) is 26.3. The van der Waals surface area contributed by atoms with E-state index < -0.39 is 11.4 Å². The topological polar surface area (TPSA) is 142 Å². The lowest BCUT2D eigenvalue weighted by Crippen LogP contribution is -2.49. The number of carboxylic acids is 1. The van der Waals surface area contributed by atoms with Gasteiger partial charge in [-0.3, -0.25) is 19.8 Å². The lowest BCUT2D eigenvalue weighted by atomic mass is 9.90. The van der Waals surface area contributed by atoms with E-state index in [1.807, 2.05) is 30.3 Å². The highest BCUT2D eigenvalue weighted by Gasteiger charge is 2.54. The van der Waals surface area contributed by atoms with Gasteiger partial charge >= 0.3 is 5.97 Å². The van der Waals surface area contributed by atoms with Crippen molar-refractivity contribution >= 4 is 41.2 Å². The van der Waals surface area contributed by atoms with Crippen LogP contribution in [0.3, 0.4) is 0 Å². The van der Waals surface area contributed by atoms with Crippen molar-refractivity contribution in [3.63, 3.8) is 0 Å². The minimum atomic E-state index is -0.881. The van der Waals surface area contributed by atoms with E-state index in [0.29, 0.717) is 41.7 Å². The van der Waals surface area contributed by atoms with Crippen LogP contribution in [0, 0.1) is 5.41 Å². The van der Waals surface area contributed by atoms with E-state index in [-0.39, 0.29) is 42.2 Å². The van der Waals surface area contributed by atoms with Gasteiger partial charge in [0, 0.05) is 31.6 Å². The van der Waals surface area contributed by atoms with Gasteiger partial charge in [0.25, 0.3) is 5.56 Å². The molecule has 2 heterocycles. The molecule has 1 amide bonds. The van der Waals surface area contributed by atoms with Gasteiger partial charge < -0.3 is 20.3 Å². The van der Waals surface area contributed by atoms with E-state index in [9.17, 15) is 19.5 Å². The van der Waals surface area contributed by atoms with Gasteiger partial charge in [-0.1, -0.05) is 30.3 Å². The Morgan fingerprint density at radius 1 is 1.16 bits per heavy atom. The first-order chi connectivity index (χ1) is 17.7. The molecular weight excluding hydrogens is 506 g/mol. The molecule has 200 valence electrons. The molecule has 2 fully saturated rings. The van der Waals surface area contributed by atoms with Gasteiger partial charge in [-0.05, 0) is 55.4 Å². The second-order valence-electron chi connectivity index (χ2n) is 10.2. The number of amides is 1. The van der Waals surface area contributed by atoms with Crippen LogP contribution in [0.2, 0.25) is 0 Å². The van der Waals surface area contributed by atoms with E-state index in [0.717, 1.165) is 36.8 Å². The average molecular weight is 538 g/mol. The summed E-state index contributed by atoms with van der Waals surface area (Å²) in [7, 11) is 1.72. The second kappa shape index (κ2) is 10.6. The van der Waals surface area contributed by atoms with Crippen LogP contribution in [-0.4, -0.2) is 49.9 Å². The molecule has 0 radical (unpaired) electrons. The summed E-state index contributed by atoms with van der Waals surface area (Å²) >= 11 is 0. The van der Waals surface area contributed by atoms with Crippen molar-refractivity contribution in [2.24, 2.45) is 12.8 Å². The first kappa shape index (κ1) is 27.3. The normalized spacial score (nSPS) is 18.0. The van der Waals surface area contributed by atoms with E-state index >= 15 is 0 Å². The third kappa shape index (κ3) is 5.03. The Balaban J connectivity index is 0.00000336. The fourth-order valence-electron chi connectivity index (χ4n) is 5.51. The number of amidine groups is 1. The van der Waals surface area contributed by atoms with Crippen molar-refractivity contribution in [2.45, 2.75) is 56.4 Å². The Bertz CT molecular complexity index is 1460. The number of aliphatic carboxylic acids is 1. The molecule has 1 saturated heterocycles. The summed E-state index contributed by atoms with van der Waals surface area (Å²) in [6.45, 7) is 0.589. The Morgan fingerprint density at radius 3 is 2.50 bits per heavy atom. The monoisotopic (exact) mass is 537 g/mol. The number of nitrogen functional groups attached to an aromatic ring is 1. The summed E-state index contributed by atoms with van der Waals surface area (Å²) in [4.78, 5) is 44.7. The number of carboxylic acid groups (broad SMARTS) is 1. The molecule has 1 saturated carbocycles. The first-order valence-corrected chi connectivity index (χ1v) is 12.7. The third-order valence-electron chi connectivity index (χ3n) is 7.79. The van der Waals surface area contributed by atoms with Gasteiger partial charge in [-0.15, -0.1) is 12.4 Å². The number of aryl methyl sites for hydroxylation is 1. The van der Waals surface area contributed by atoms with Gasteiger partial charge in [0.15, 0.2) is 0 Å². The van der Waals surface area contributed by atoms with Crippen molar-refractivity contribution in [1.29, 1.82) is 5.41 Å². The van der Waals surface area contributed by atoms with Crippen LogP contribution >= 0.6 is 12.4 Å². The number of carbonyl (C=O) groups is 2. The summed E-state index contributed by atoms with van der Waals surface area (Å²) in [6.07, 6.45) is 4.27. The molecule has 1 aliphatic heterocycles. The number of halogens is 1. The summed E-state index contributed by atoms with van der Waals surface area (Å²) in [5.41, 5.74) is 8.81. The summed E-state index contributed by atoms with van der Waals surface area (Å²) in [5.74, 6) is -0.886. The molecule has 10 heteroatoms. The maximum atomic E-state index is 13.7. The van der Waals surface area contributed by atoms with Gasteiger partial charge in [0.1, 0.15) is 11.5 Å². The molecule has 1 atom stereocenters. The van der Waals surface area contributed by atoms with E-state index in [1.165, 1.54) is 0 Å². The first-order valence-electron chi connectivity index (χ1n) is 12.7. The Morgan fingerprint density at radius 2 is 1.87 bits per heavy atom. The largest absolute Gasteiger partial charge is 0.481 e. The molecular formula is C28H32ClN5O4. The molecule has 4 N–H and O–H groups in total. The molecule has 38 heavy (non-hydrogen) atoms. The average Bonchev–Trinajstić information content (AvgIpc) is 3.69. The molecule has 9 nitrogen and oxygen atoms in total. The van der Waals surface area contributed by atoms with Crippen molar-refractivity contribution < 1.29 is 14.7 Å². The quantitative estimate of drug-likeness (QED) is 0.312. The molecule has 5 rings (SSSR count). The highest BCUT2D eigenvalue weighted by Crippen LogP contribution is 2.50. The summed E-state index contributed by atoms with van der Waals surface area (Å²) < 4.78 is 1.58. The van der Waals surface area contributed by atoms with Crippen molar-refractivity contribution in [3.05, 3.63) is 75.2 Å². The van der Waals surface area contributed by atoms with Gasteiger partial charge in [0.05, 0.1) is 22.9 Å². The van der Waals surface area contributed by atoms with Crippen LogP contribution in [0.1, 0.15) is 60.9 Å². The van der Waals surface area contributed by atoms with Crippen LogP contribution in [0.4, 0.5) is 0 Å². The lowest BCUT2D eigenvalue weighted by Gasteiger charge is -2.37. The third-order valence-corrected chi connectivity index (χ3v) is 7.79. The number of benzene rings is 2. The zero-order valence-corrected chi connectivity index (χ0v) is 22.1. The maximum absolute atomic E-state index is 13.7. The van der Waals surface area contributed by atoms with Crippen LogP contribution in [0.25, 0.3) is 11.0 Å². The molecule has 2 aliphatic rings. The minimum absolute atomic E-state index is 0. The zero-order valence-electron chi connectivity index (χ0n) is 21.3. The van der Waals surface area contributed by atoms with Crippen LogP contribution in [0.15, 0.2) is 47.3 Å². The van der Waals surface area contributed by atoms with E-state index in [4.69, 9.17) is 16.1 Å². The minimum Gasteiger partial charge on any atom is -0.481 e. The number of fused-ring (bicyclic) bond motifs is 1. The standard InChI is InChI=1S/C28H31N5O4.ClH/c1-32-23-10-9-19(28(11-12-28)27(37)33-13-3-2-4-20(33)16-24(34)35)15-21(23)31-22(26(32)36)14-17-5-7-18(8-6-17)25(29)30;/h5-10,15,20H,2-4,11-14,16H2,1H3,(H3,29,30)(H,34,35);1H. The van der Waals surface area contributed by atoms with Crippen molar-refractivity contribution in [3.8, 4) is 0 Å². The fourth-order valence-corrected chi connectivity index (χ4v) is 5.51. The maximum Gasteiger partial charge on any atom is 0.305 e. The van der Waals surface area contributed by atoms with Gasteiger partial charge in [-0.25, -0.2) is 4.98 Å². The number of rotatable bonds is 7. The highest BCUT2D eigenvalue weighted by atomic mass is 35.5. The number of aromatic nitrogens is 2. The fraction of sp³-hybridized carbons (Fsp3) is 0.393. The molecule has 1 unspecified atom stereocenters. The number of hydrogen-bond acceptors (Lipinski definition) is 5. The number of piperidine rings is 1. The van der Waals surface area contributed by atoms with Crippen LogP contribution in [0.5, 0.6) is 0 Å². The smallest absolute Gasteiger partial charge is 0.305 e. The molecule has 1 aromatic heterocycles. The number of hydrogen-bond donors (Lipinski definition) is 3. The number of nitrogens with zero attached hydrogens (tertiary/aromatic N) is 3. The van der Waals surface area contributed by atoms with E-state index in [2.05, 4.69) is 0 Å². The lowest BCUT2D eigenvalue weighted by molar-refractivity contribution is -0.143. The molecule has 1 aliphatic carbocycles. The van der Waals surface area contributed by atoms with Crippen molar-refractivity contribution in [2.75, 3.05) is 6.54 Å². The Hall–Kier alpha value is -3.72. The van der Waals surface area contributed by atoms with Gasteiger partial charge in [0.2, 0.25) is 5.91 Å². The van der Waals surface area contributed by atoms with Crippen LogP contribution in [-0.2, 0) is 28.5 Å². The number of nitrogens with one attached hydrogen (secondary N) is 1. The SMILES string of the molecule is Cl.Cn1c(=O)c(Cc2ccc(C(=N)N)cc2)nc2cc(C3(C(=O)N4CCCCC4CC(=O)O)CC3)ccc21. The number of nitrogens with two attached hydrogens (primary N) is 1. The molecule has 3 aromatic rings. The van der Waals surface area contributed by atoms with Crippen molar-refractivity contribution in [1.82, 2.24) is 14.5 Å². The van der Waals surface area contributed by atoms with Crippen LogP contribution < -0.4 is 11.3 Å². The Kier molecular flexibility index (Phi) is 7.60. The summed E-state index contributed by atoms with van der Waals surface area (Å²) in [5, 5.41) is 16.9. The molecule has 0 bridgehead atoms. The highest BCUT2D eigenvalue weighted by molar-refractivity contribution is 5.95. The second-order valence-corrected chi connectivity index (χ2v) is 10.2. The number of likely N-dealkylation sites (tertiary alicyclic amines) is 1. The predicted molar refractivity (Wildman–Crippen MR) is 147 cm³/mol. The van der Waals surface area contributed by atoms with E-state index in [1.54, 1.807) is 28.6 Å². The Labute approximate surface area is 226 Å². The summed E-state index contributed by atoms with van der Waals surface area (Å²) in [6, 6.07) is 12.6. The number of carbonyl (C=O) groups excluding carboxylic acids is 1. The predicted octanol–water partition coefficient (Wildman–Crippen LogP) is 3.12. The molecule has 2 aromatic carbocycles. The van der Waals surface area contributed by atoms with Gasteiger partial charge in [-0.2, -0.15) is 0 Å². The molecule has 0 spiro atoms.